The van der Waals surface area contributed by atoms with E-state index in [1.54, 1.807) is 13.2 Å². The van der Waals surface area contributed by atoms with Crippen molar-refractivity contribution >= 4 is 22.8 Å². The number of methoxy groups -OCH3 is 1. The lowest BCUT2D eigenvalue weighted by atomic mass is 9.99. The Morgan fingerprint density at radius 2 is 1.60 bits per heavy atom. The average molecular weight is 396 g/mol. The minimum atomic E-state index is -0.978. The summed E-state index contributed by atoms with van der Waals surface area (Å²) in [6.45, 7) is 0. The van der Waals surface area contributed by atoms with Gasteiger partial charge in [-0.25, -0.2) is 4.79 Å². The summed E-state index contributed by atoms with van der Waals surface area (Å²) in [5.74, 6) is 1.24. The summed E-state index contributed by atoms with van der Waals surface area (Å²) in [6, 6.07) is 27.4. The summed E-state index contributed by atoms with van der Waals surface area (Å²) in [6.07, 6.45) is 2.66. The van der Waals surface area contributed by atoms with Crippen LogP contribution in [0.2, 0.25) is 0 Å². The van der Waals surface area contributed by atoms with Crippen LogP contribution in [0.25, 0.3) is 28.0 Å². The largest absolute Gasteiger partial charge is 0.497 e. The highest BCUT2D eigenvalue weighted by molar-refractivity contribution is 5.96. The molecule has 4 aromatic carbocycles. The Morgan fingerprint density at radius 3 is 2.30 bits per heavy atom. The summed E-state index contributed by atoms with van der Waals surface area (Å²) < 4.78 is 11.7. The number of benzene rings is 4. The Balaban J connectivity index is 1.78. The first-order valence-corrected chi connectivity index (χ1v) is 9.49. The molecule has 0 aromatic heterocycles. The van der Waals surface area contributed by atoms with Crippen LogP contribution in [-0.4, -0.2) is 18.2 Å². The van der Waals surface area contributed by atoms with Crippen molar-refractivity contribution in [1.82, 2.24) is 0 Å². The van der Waals surface area contributed by atoms with Crippen LogP contribution in [0, 0.1) is 0 Å². The van der Waals surface area contributed by atoms with Gasteiger partial charge in [0.25, 0.3) is 0 Å². The summed E-state index contributed by atoms with van der Waals surface area (Å²) in [5, 5.41) is 10.8. The van der Waals surface area contributed by atoms with E-state index in [1.807, 2.05) is 60.7 Å². The Labute approximate surface area is 174 Å². The number of carboxylic acids is 1. The number of aliphatic carboxylic acids is 1. The van der Waals surface area contributed by atoms with Gasteiger partial charge >= 0.3 is 5.97 Å². The molecule has 0 atom stereocenters. The summed E-state index contributed by atoms with van der Waals surface area (Å²) in [5.41, 5.74) is 2.84. The normalized spacial score (nSPS) is 11.0. The van der Waals surface area contributed by atoms with Gasteiger partial charge < -0.3 is 14.6 Å². The molecular weight excluding hydrogens is 376 g/mol. The van der Waals surface area contributed by atoms with Gasteiger partial charge in [0.2, 0.25) is 0 Å². The molecule has 0 radical (unpaired) electrons. The van der Waals surface area contributed by atoms with Crippen LogP contribution in [0.5, 0.6) is 17.2 Å². The van der Waals surface area contributed by atoms with Crippen molar-refractivity contribution < 1.29 is 19.4 Å². The number of hydrogen-bond acceptors (Lipinski definition) is 3. The Hall–Kier alpha value is -4.05. The van der Waals surface area contributed by atoms with E-state index in [9.17, 15) is 4.79 Å². The zero-order chi connectivity index (χ0) is 20.9. The molecule has 0 amide bonds. The molecular formula is C26H20O4. The Bertz CT molecular complexity index is 1210. The molecule has 0 saturated carbocycles. The van der Waals surface area contributed by atoms with Crippen molar-refractivity contribution in [2.75, 3.05) is 7.11 Å². The van der Waals surface area contributed by atoms with Gasteiger partial charge in [0.15, 0.2) is 0 Å². The number of fused-ring (bicyclic) bond motifs is 1. The van der Waals surface area contributed by atoms with Crippen LogP contribution in [0.15, 0.2) is 91.0 Å². The van der Waals surface area contributed by atoms with E-state index in [0.29, 0.717) is 5.75 Å². The fourth-order valence-electron chi connectivity index (χ4n) is 3.29. The van der Waals surface area contributed by atoms with Gasteiger partial charge in [0.1, 0.15) is 17.2 Å². The minimum absolute atomic E-state index is 0.669. The molecule has 0 aliphatic rings. The lowest BCUT2D eigenvalue weighted by Gasteiger charge is -2.15. The van der Waals surface area contributed by atoms with Crippen molar-refractivity contribution in [1.29, 1.82) is 0 Å². The summed E-state index contributed by atoms with van der Waals surface area (Å²) >= 11 is 0. The summed E-state index contributed by atoms with van der Waals surface area (Å²) in [7, 11) is 1.65. The van der Waals surface area contributed by atoms with E-state index in [0.717, 1.165) is 45.0 Å². The number of ether oxygens (including phenoxy) is 2. The van der Waals surface area contributed by atoms with Crippen molar-refractivity contribution in [2.24, 2.45) is 0 Å². The molecule has 30 heavy (non-hydrogen) atoms. The second-order valence-corrected chi connectivity index (χ2v) is 6.74. The van der Waals surface area contributed by atoms with Gasteiger partial charge in [-0.15, -0.1) is 0 Å². The average Bonchev–Trinajstić information content (AvgIpc) is 2.79. The molecule has 0 unspecified atom stereocenters. The predicted molar refractivity (Wildman–Crippen MR) is 119 cm³/mol. The Morgan fingerprint density at radius 1 is 0.867 bits per heavy atom. The molecule has 0 bridgehead atoms. The molecule has 4 heteroatoms. The molecule has 148 valence electrons. The number of carbonyl (C=O) groups is 1. The van der Waals surface area contributed by atoms with Crippen LogP contribution in [0.1, 0.15) is 5.56 Å². The third kappa shape index (κ3) is 4.18. The predicted octanol–water partition coefficient (Wildman–Crippen LogP) is 6.41. The van der Waals surface area contributed by atoms with Crippen LogP contribution in [-0.2, 0) is 4.79 Å². The molecule has 1 N–H and O–H groups in total. The van der Waals surface area contributed by atoms with E-state index in [4.69, 9.17) is 14.6 Å². The van der Waals surface area contributed by atoms with E-state index in [-0.39, 0.29) is 0 Å². The molecule has 4 aromatic rings. The first-order valence-electron chi connectivity index (χ1n) is 9.49. The van der Waals surface area contributed by atoms with Gasteiger partial charge in [0, 0.05) is 17.0 Å². The standard InChI is InChI=1S/C26H20O4/c1-29-22-13-15-24-20(17-22)10-14-23(19-5-3-2-4-6-19)26(24)30-21-11-7-18(8-12-21)9-16-25(27)28/h2-17H,1H3,(H,27,28). The fraction of sp³-hybridized carbons (Fsp3) is 0.0385. The molecule has 4 nitrogen and oxygen atoms in total. The number of carboxylic acid groups (broad SMARTS) is 1. The molecule has 0 fully saturated rings. The molecule has 4 rings (SSSR count). The molecule has 0 aliphatic heterocycles. The van der Waals surface area contributed by atoms with Gasteiger partial charge in [-0.2, -0.15) is 0 Å². The zero-order valence-electron chi connectivity index (χ0n) is 16.4. The van der Waals surface area contributed by atoms with E-state index in [1.165, 1.54) is 0 Å². The van der Waals surface area contributed by atoms with Gasteiger partial charge in [-0.05, 0) is 59.0 Å². The van der Waals surface area contributed by atoms with Gasteiger partial charge in [-0.3, -0.25) is 0 Å². The lowest BCUT2D eigenvalue weighted by Crippen LogP contribution is -1.92. The van der Waals surface area contributed by atoms with Crippen molar-refractivity contribution in [3.8, 4) is 28.4 Å². The maximum absolute atomic E-state index is 10.7. The van der Waals surface area contributed by atoms with Gasteiger partial charge in [0.05, 0.1) is 7.11 Å². The van der Waals surface area contributed by atoms with Crippen LogP contribution in [0.4, 0.5) is 0 Å². The lowest BCUT2D eigenvalue weighted by molar-refractivity contribution is -0.131. The van der Waals surface area contributed by atoms with E-state index < -0.39 is 5.97 Å². The molecule has 0 heterocycles. The van der Waals surface area contributed by atoms with Crippen molar-refractivity contribution in [2.45, 2.75) is 0 Å². The van der Waals surface area contributed by atoms with Gasteiger partial charge in [-0.1, -0.05) is 48.5 Å². The highest BCUT2D eigenvalue weighted by Crippen LogP contribution is 2.40. The summed E-state index contributed by atoms with van der Waals surface area (Å²) in [4.78, 5) is 10.7. The van der Waals surface area contributed by atoms with Crippen molar-refractivity contribution in [3.63, 3.8) is 0 Å². The second-order valence-electron chi connectivity index (χ2n) is 6.74. The number of rotatable bonds is 6. The van der Waals surface area contributed by atoms with Crippen LogP contribution in [0.3, 0.4) is 0 Å². The Kier molecular flexibility index (Phi) is 5.48. The minimum Gasteiger partial charge on any atom is -0.497 e. The topological polar surface area (TPSA) is 55.8 Å². The monoisotopic (exact) mass is 396 g/mol. The quantitative estimate of drug-likeness (QED) is 0.383. The molecule has 0 spiro atoms. The maximum atomic E-state index is 10.7. The molecule has 0 saturated heterocycles. The second kappa shape index (κ2) is 8.53. The highest BCUT2D eigenvalue weighted by Gasteiger charge is 2.13. The van der Waals surface area contributed by atoms with Crippen LogP contribution >= 0.6 is 0 Å². The maximum Gasteiger partial charge on any atom is 0.328 e. The van der Waals surface area contributed by atoms with Crippen LogP contribution < -0.4 is 9.47 Å². The third-order valence-corrected chi connectivity index (χ3v) is 4.78. The zero-order valence-corrected chi connectivity index (χ0v) is 16.4. The first-order chi connectivity index (χ1) is 14.6. The van der Waals surface area contributed by atoms with E-state index in [2.05, 4.69) is 24.3 Å². The smallest absolute Gasteiger partial charge is 0.328 e. The first kappa shape index (κ1) is 19.3. The number of hydrogen-bond donors (Lipinski definition) is 1. The fourth-order valence-corrected chi connectivity index (χ4v) is 3.29. The SMILES string of the molecule is COc1ccc2c(Oc3ccc(C=CC(=O)O)cc3)c(-c3ccccc3)ccc2c1. The van der Waals surface area contributed by atoms with E-state index >= 15 is 0 Å². The highest BCUT2D eigenvalue weighted by atomic mass is 16.5. The third-order valence-electron chi connectivity index (χ3n) is 4.78. The molecule has 0 aliphatic carbocycles. The van der Waals surface area contributed by atoms with Crippen molar-refractivity contribution in [3.05, 3.63) is 96.6 Å².